The van der Waals surface area contributed by atoms with Gasteiger partial charge >= 0.3 is 0 Å². The van der Waals surface area contributed by atoms with Crippen LogP contribution in [0, 0.1) is 11.8 Å². The van der Waals surface area contributed by atoms with E-state index in [0.29, 0.717) is 13.2 Å². The normalized spacial score (nSPS) is 9.39. The molecule has 0 aliphatic heterocycles. The second-order valence-corrected chi connectivity index (χ2v) is 3.81. The molecular formula is C16H15NO. The van der Waals surface area contributed by atoms with Gasteiger partial charge in [-0.2, -0.15) is 0 Å². The molecule has 90 valence electrons. The zero-order valence-corrected chi connectivity index (χ0v) is 10.1. The molecule has 2 rings (SSSR count). The number of nitrogens with two attached hydrogens (primary N) is 1. The summed E-state index contributed by atoms with van der Waals surface area (Å²) in [5.74, 6) is 6.64. The largest absolute Gasteiger partial charge is 0.489 e. The van der Waals surface area contributed by atoms with Gasteiger partial charge in [0.05, 0.1) is 6.54 Å². The highest BCUT2D eigenvalue weighted by molar-refractivity contribution is 5.40. The summed E-state index contributed by atoms with van der Waals surface area (Å²) in [6.45, 7) is 0.934. The molecule has 0 bridgehead atoms. The van der Waals surface area contributed by atoms with Crippen LogP contribution < -0.4 is 10.5 Å². The molecule has 0 atom stereocenters. The van der Waals surface area contributed by atoms with Gasteiger partial charge in [0.1, 0.15) is 12.4 Å². The summed E-state index contributed by atoms with van der Waals surface area (Å²) in [5.41, 5.74) is 7.42. The van der Waals surface area contributed by atoms with E-state index in [1.54, 1.807) is 0 Å². The molecule has 0 fully saturated rings. The van der Waals surface area contributed by atoms with E-state index in [9.17, 15) is 0 Å². The molecule has 0 aromatic heterocycles. The lowest BCUT2D eigenvalue weighted by molar-refractivity contribution is 0.306. The molecule has 0 aliphatic rings. The summed E-state index contributed by atoms with van der Waals surface area (Å²) in [5, 5.41) is 0. The Hall–Kier alpha value is -2.24. The fraction of sp³-hybridized carbons (Fsp3) is 0.125. The molecule has 18 heavy (non-hydrogen) atoms. The maximum absolute atomic E-state index is 5.71. The van der Waals surface area contributed by atoms with Crippen molar-refractivity contribution in [1.82, 2.24) is 0 Å². The third-order valence-electron chi connectivity index (χ3n) is 2.42. The molecule has 0 unspecified atom stereocenters. The lowest BCUT2D eigenvalue weighted by atomic mass is 10.2. The van der Waals surface area contributed by atoms with Crippen LogP contribution in [0.2, 0.25) is 0 Å². The summed E-state index contributed by atoms with van der Waals surface area (Å²) in [7, 11) is 0. The van der Waals surface area contributed by atoms with E-state index in [1.165, 1.54) is 0 Å². The third-order valence-corrected chi connectivity index (χ3v) is 2.42. The van der Waals surface area contributed by atoms with E-state index in [2.05, 4.69) is 11.8 Å². The van der Waals surface area contributed by atoms with Crippen molar-refractivity contribution in [2.24, 2.45) is 5.73 Å². The first-order valence-electron chi connectivity index (χ1n) is 5.84. The van der Waals surface area contributed by atoms with E-state index in [1.807, 2.05) is 54.6 Å². The Bertz CT molecular complexity index is 552. The van der Waals surface area contributed by atoms with Crippen LogP contribution in [0.4, 0.5) is 0 Å². The predicted molar refractivity (Wildman–Crippen MR) is 73.1 cm³/mol. The number of rotatable bonds is 3. The first-order valence-corrected chi connectivity index (χ1v) is 5.84. The molecule has 0 radical (unpaired) electrons. The van der Waals surface area contributed by atoms with Crippen molar-refractivity contribution in [3.8, 4) is 17.6 Å². The van der Waals surface area contributed by atoms with Gasteiger partial charge in [-0.05, 0) is 23.8 Å². The van der Waals surface area contributed by atoms with Gasteiger partial charge in [0.25, 0.3) is 0 Å². The molecule has 2 aromatic rings. The molecule has 2 nitrogen and oxygen atoms in total. The second-order valence-electron chi connectivity index (χ2n) is 3.81. The van der Waals surface area contributed by atoms with E-state index in [-0.39, 0.29) is 0 Å². The van der Waals surface area contributed by atoms with Crippen molar-refractivity contribution in [2.45, 2.75) is 6.61 Å². The summed E-state index contributed by atoms with van der Waals surface area (Å²) in [6.07, 6.45) is 0. The Morgan fingerprint density at radius 1 is 1.00 bits per heavy atom. The molecule has 0 amide bonds. The van der Waals surface area contributed by atoms with Gasteiger partial charge in [-0.1, -0.05) is 48.2 Å². The minimum atomic E-state index is 0.370. The van der Waals surface area contributed by atoms with Crippen LogP contribution in [-0.4, -0.2) is 6.54 Å². The number of benzene rings is 2. The Labute approximate surface area is 107 Å². The van der Waals surface area contributed by atoms with Gasteiger partial charge in [0.2, 0.25) is 0 Å². The summed E-state index contributed by atoms with van der Waals surface area (Å²) in [6, 6.07) is 17.8. The van der Waals surface area contributed by atoms with Crippen LogP contribution >= 0.6 is 0 Å². The Morgan fingerprint density at radius 2 is 1.83 bits per heavy atom. The van der Waals surface area contributed by atoms with E-state index >= 15 is 0 Å². The first kappa shape index (κ1) is 12.2. The Balaban J connectivity index is 2.01. The van der Waals surface area contributed by atoms with Gasteiger partial charge in [-0.15, -0.1) is 0 Å². The molecule has 2 aromatic carbocycles. The van der Waals surface area contributed by atoms with Gasteiger partial charge < -0.3 is 10.5 Å². The van der Waals surface area contributed by atoms with Crippen molar-refractivity contribution < 1.29 is 4.74 Å². The van der Waals surface area contributed by atoms with Crippen molar-refractivity contribution in [2.75, 3.05) is 6.54 Å². The summed E-state index contributed by atoms with van der Waals surface area (Å²) < 4.78 is 5.71. The number of hydrogen-bond acceptors (Lipinski definition) is 2. The summed E-state index contributed by atoms with van der Waals surface area (Å²) >= 11 is 0. The van der Waals surface area contributed by atoms with Crippen LogP contribution in [-0.2, 0) is 6.61 Å². The molecule has 0 aliphatic carbocycles. The van der Waals surface area contributed by atoms with Gasteiger partial charge in [-0.3, -0.25) is 0 Å². The van der Waals surface area contributed by atoms with Crippen LogP contribution in [0.5, 0.6) is 5.75 Å². The van der Waals surface area contributed by atoms with E-state index < -0.39 is 0 Å². The Kier molecular flexibility index (Phi) is 4.40. The van der Waals surface area contributed by atoms with Crippen LogP contribution in [0.1, 0.15) is 11.1 Å². The van der Waals surface area contributed by atoms with Crippen molar-refractivity contribution in [3.05, 3.63) is 65.7 Å². The average Bonchev–Trinajstić information content (AvgIpc) is 2.44. The first-order chi connectivity index (χ1) is 8.88. The topological polar surface area (TPSA) is 35.2 Å². The van der Waals surface area contributed by atoms with Crippen molar-refractivity contribution >= 4 is 0 Å². The zero-order valence-electron chi connectivity index (χ0n) is 10.1. The third kappa shape index (κ3) is 3.65. The zero-order chi connectivity index (χ0) is 12.6. The minimum Gasteiger partial charge on any atom is -0.489 e. The smallest absolute Gasteiger partial charge is 0.121 e. The van der Waals surface area contributed by atoms with Gasteiger partial charge in [0.15, 0.2) is 0 Å². The molecule has 2 heteroatoms. The number of hydrogen-bond donors (Lipinski definition) is 1. The lowest BCUT2D eigenvalue weighted by Crippen LogP contribution is -1.95. The van der Waals surface area contributed by atoms with E-state index in [0.717, 1.165) is 16.9 Å². The molecule has 0 saturated heterocycles. The van der Waals surface area contributed by atoms with Crippen LogP contribution in [0.3, 0.4) is 0 Å². The highest BCUT2D eigenvalue weighted by Crippen LogP contribution is 2.14. The molecular weight excluding hydrogens is 222 g/mol. The predicted octanol–water partition coefficient (Wildman–Crippen LogP) is 2.58. The molecule has 2 N–H and O–H groups in total. The Morgan fingerprint density at radius 3 is 2.61 bits per heavy atom. The fourth-order valence-corrected chi connectivity index (χ4v) is 1.56. The van der Waals surface area contributed by atoms with Crippen LogP contribution in [0.15, 0.2) is 54.6 Å². The van der Waals surface area contributed by atoms with E-state index in [4.69, 9.17) is 10.5 Å². The maximum atomic E-state index is 5.71. The SMILES string of the molecule is NCC#Cc1cccc(OCc2ccccc2)c1. The van der Waals surface area contributed by atoms with Crippen LogP contribution in [0.25, 0.3) is 0 Å². The maximum Gasteiger partial charge on any atom is 0.121 e. The second kappa shape index (κ2) is 6.48. The molecule has 0 heterocycles. The van der Waals surface area contributed by atoms with Crippen molar-refractivity contribution in [1.29, 1.82) is 0 Å². The van der Waals surface area contributed by atoms with Gasteiger partial charge in [0, 0.05) is 5.56 Å². The molecule has 0 saturated carbocycles. The lowest BCUT2D eigenvalue weighted by Gasteiger charge is -2.06. The average molecular weight is 237 g/mol. The highest BCUT2D eigenvalue weighted by atomic mass is 16.5. The van der Waals surface area contributed by atoms with Crippen molar-refractivity contribution in [3.63, 3.8) is 0 Å². The quantitative estimate of drug-likeness (QED) is 0.833. The highest BCUT2D eigenvalue weighted by Gasteiger charge is 1.96. The molecule has 0 spiro atoms. The van der Waals surface area contributed by atoms with Gasteiger partial charge in [-0.25, -0.2) is 0 Å². The standard InChI is InChI=1S/C16H15NO/c17-11-5-9-14-8-4-10-16(12-14)18-13-15-6-2-1-3-7-15/h1-4,6-8,10,12H,11,13,17H2. The monoisotopic (exact) mass is 237 g/mol. The number of ether oxygens (including phenoxy) is 1. The summed E-state index contributed by atoms with van der Waals surface area (Å²) in [4.78, 5) is 0. The fourth-order valence-electron chi connectivity index (χ4n) is 1.56. The minimum absolute atomic E-state index is 0.370.